The van der Waals surface area contributed by atoms with Gasteiger partial charge in [-0.3, -0.25) is 0 Å². The molecule has 0 aromatic carbocycles. The smallest absolute Gasteiger partial charge is 0.205 e. The Morgan fingerprint density at radius 3 is 1.56 bits per heavy atom. The summed E-state index contributed by atoms with van der Waals surface area (Å²) in [6.07, 6.45) is 0. The summed E-state index contributed by atoms with van der Waals surface area (Å²) < 4.78 is 25.1. The number of hydrogen-bond donors (Lipinski definition) is 0. The van der Waals surface area contributed by atoms with Gasteiger partial charge in [-0.1, -0.05) is 20.8 Å². The lowest BCUT2D eigenvalue weighted by atomic mass is 9.89. The summed E-state index contributed by atoms with van der Waals surface area (Å²) >= 11 is 5.03. The maximum atomic E-state index is 12.5. The molecule has 0 atom stereocenters. The van der Waals surface area contributed by atoms with Crippen molar-refractivity contribution in [3.05, 3.63) is 0 Å². The van der Waals surface area contributed by atoms with Crippen LogP contribution in [-0.2, 0) is 0 Å². The van der Waals surface area contributed by atoms with Crippen LogP contribution in [0.4, 0.5) is 8.78 Å². The summed E-state index contributed by atoms with van der Waals surface area (Å²) in [6, 6.07) is 0. The van der Waals surface area contributed by atoms with Crippen LogP contribution >= 0.6 is 11.6 Å². The fraction of sp³-hybridized carbons (Fsp3) is 1.00. The number of halogens is 3. The molecular formula is C6H11ClF2. The van der Waals surface area contributed by atoms with Gasteiger partial charge in [0.2, 0.25) is 0 Å². The van der Waals surface area contributed by atoms with Crippen LogP contribution < -0.4 is 0 Å². The molecule has 0 fully saturated rings. The molecule has 0 nitrogen and oxygen atoms in total. The molecule has 0 aliphatic rings. The van der Waals surface area contributed by atoms with Crippen LogP contribution in [-0.4, -0.2) is 11.8 Å². The van der Waals surface area contributed by atoms with E-state index in [0.29, 0.717) is 0 Å². The van der Waals surface area contributed by atoms with E-state index in [1.54, 1.807) is 0 Å². The molecule has 0 aromatic heterocycles. The van der Waals surface area contributed by atoms with Gasteiger partial charge in [-0.05, 0) is 0 Å². The first-order valence-corrected chi connectivity index (χ1v) is 3.28. The lowest BCUT2D eigenvalue weighted by molar-refractivity contribution is -0.0751. The molecule has 0 aliphatic heterocycles. The van der Waals surface area contributed by atoms with Crippen LogP contribution in [0.5, 0.6) is 0 Å². The highest BCUT2D eigenvalue weighted by Gasteiger charge is 2.41. The summed E-state index contributed by atoms with van der Waals surface area (Å²) in [5.41, 5.74) is -1.02. The lowest BCUT2D eigenvalue weighted by Gasteiger charge is -2.27. The van der Waals surface area contributed by atoms with Crippen molar-refractivity contribution in [3.8, 4) is 0 Å². The number of hydrogen-bond acceptors (Lipinski definition) is 0. The first-order valence-electron chi connectivity index (χ1n) is 2.75. The molecule has 56 valence electrons. The van der Waals surface area contributed by atoms with Gasteiger partial charge in [0.05, 0.1) is 5.88 Å². The van der Waals surface area contributed by atoms with Crippen LogP contribution in [0.1, 0.15) is 20.8 Å². The van der Waals surface area contributed by atoms with Crippen molar-refractivity contribution in [2.75, 3.05) is 5.88 Å². The van der Waals surface area contributed by atoms with E-state index in [4.69, 9.17) is 11.6 Å². The zero-order valence-electron chi connectivity index (χ0n) is 5.84. The third-order valence-electron chi connectivity index (χ3n) is 1.27. The monoisotopic (exact) mass is 156 g/mol. The van der Waals surface area contributed by atoms with Gasteiger partial charge in [0.1, 0.15) is 0 Å². The maximum Gasteiger partial charge on any atom is 0.266 e. The summed E-state index contributed by atoms with van der Waals surface area (Å²) in [4.78, 5) is 0. The maximum absolute atomic E-state index is 12.5. The Balaban J connectivity index is 4.14. The molecule has 0 saturated carbocycles. The Bertz CT molecular complexity index is 93.7. The van der Waals surface area contributed by atoms with Crippen molar-refractivity contribution in [1.82, 2.24) is 0 Å². The highest BCUT2D eigenvalue weighted by atomic mass is 35.5. The molecule has 9 heavy (non-hydrogen) atoms. The first kappa shape index (κ1) is 9.15. The predicted molar refractivity (Wildman–Crippen MR) is 35.1 cm³/mol. The molecule has 0 amide bonds. The summed E-state index contributed by atoms with van der Waals surface area (Å²) in [6.45, 7) is 4.40. The van der Waals surface area contributed by atoms with Gasteiger partial charge >= 0.3 is 0 Å². The zero-order valence-corrected chi connectivity index (χ0v) is 6.60. The second-order valence-electron chi connectivity index (χ2n) is 3.09. The van der Waals surface area contributed by atoms with Gasteiger partial charge in [0.15, 0.2) is 0 Å². The topological polar surface area (TPSA) is 0 Å². The predicted octanol–water partition coefficient (Wildman–Crippen LogP) is 2.91. The summed E-state index contributed by atoms with van der Waals surface area (Å²) in [5, 5.41) is 0. The van der Waals surface area contributed by atoms with Gasteiger partial charge in [-0.15, -0.1) is 11.6 Å². The average molecular weight is 157 g/mol. The Morgan fingerprint density at radius 2 is 1.56 bits per heavy atom. The van der Waals surface area contributed by atoms with Crippen LogP contribution in [0, 0.1) is 5.41 Å². The van der Waals surface area contributed by atoms with Crippen LogP contribution in [0.15, 0.2) is 0 Å². The fourth-order valence-corrected chi connectivity index (χ4v) is 0.601. The highest BCUT2D eigenvalue weighted by Crippen LogP contribution is 2.36. The Kier molecular flexibility index (Phi) is 2.45. The second-order valence-corrected chi connectivity index (χ2v) is 3.36. The van der Waals surface area contributed by atoms with E-state index in [0.717, 1.165) is 0 Å². The Morgan fingerprint density at radius 1 is 1.22 bits per heavy atom. The van der Waals surface area contributed by atoms with Gasteiger partial charge in [0, 0.05) is 5.41 Å². The van der Waals surface area contributed by atoms with Gasteiger partial charge in [-0.2, -0.15) is 0 Å². The second kappa shape index (κ2) is 2.41. The van der Waals surface area contributed by atoms with Crippen LogP contribution in [0.25, 0.3) is 0 Å². The minimum absolute atomic E-state index is 0.601. The van der Waals surface area contributed by atoms with Crippen molar-refractivity contribution in [2.45, 2.75) is 26.7 Å². The molecule has 0 saturated heterocycles. The number of rotatable bonds is 1. The SMILES string of the molecule is CC(C)(C)C(F)(F)CCl. The minimum atomic E-state index is -2.76. The van der Waals surface area contributed by atoms with E-state index < -0.39 is 17.2 Å². The van der Waals surface area contributed by atoms with E-state index in [2.05, 4.69) is 0 Å². The molecule has 0 unspecified atom stereocenters. The molecule has 0 heterocycles. The van der Waals surface area contributed by atoms with Gasteiger partial charge in [-0.25, -0.2) is 8.78 Å². The molecule has 0 N–H and O–H groups in total. The van der Waals surface area contributed by atoms with E-state index in [-0.39, 0.29) is 0 Å². The average Bonchev–Trinajstić information content (AvgIpc) is 1.64. The van der Waals surface area contributed by atoms with E-state index in [1.165, 1.54) is 20.8 Å². The van der Waals surface area contributed by atoms with Gasteiger partial charge in [0.25, 0.3) is 5.92 Å². The molecule has 0 spiro atoms. The quantitative estimate of drug-likeness (QED) is 0.512. The highest BCUT2D eigenvalue weighted by molar-refractivity contribution is 6.18. The largest absolute Gasteiger partial charge is 0.266 e. The molecule has 0 aromatic rings. The van der Waals surface area contributed by atoms with E-state index in [9.17, 15) is 8.78 Å². The first-order chi connectivity index (χ1) is 3.81. The lowest BCUT2D eigenvalue weighted by Crippen LogP contribution is -2.35. The Labute approximate surface area is 59.2 Å². The molecule has 0 bridgehead atoms. The van der Waals surface area contributed by atoms with Gasteiger partial charge < -0.3 is 0 Å². The van der Waals surface area contributed by atoms with Crippen LogP contribution in [0.2, 0.25) is 0 Å². The molecule has 0 rings (SSSR count). The molecule has 0 radical (unpaired) electrons. The van der Waals surface area contributed by atoms with Crippen molar-refractivity contribution in [1.29, 1.82) is 0 Å². The van der Waals surface area contributed by atoms with Crippen molar-refractivity contribution < 1.29 is 8.78 Å². The van der Waals surface area contributed by atoms with E-state index in [1.807, 2.05) is 0 Å². The molecular weight excluding hydrogens is 146 g/mol. The third-order valence-corrected chi connectivity index (χ3v) is 1.60. The third kappa shape index (κ3) is 2.09. The standard InChI is InChI=1S/C6H11ClF2/c1-5(2,3)6(8,9)4-7/h4H2,1-3H3. The summed E-state index contributed by atoms with van der Waals surface area (Å²) in [5.74, 6) is -3.36. The van der Waals surface area contributed by atoms with Crippen molar-refractivity contribution in [3.63, 3.8) is 0 Å². The zero-order chi connectivity index (χ0) is 7.71. The van der Waals surface area contributed by atoms with Crippen LogP contribution in [0.3, 0.4) is 0 Å². The van der Waals surface area contributed by atoms with Crippen molar-refractivity contribution >= 4 is 11.6 Å². The molecule has 3 heteroatoms. The van der Waals surface area contributed by atoms with E-state index >= 15 is 0 Å². The number of alkyl halides is 3. The Hall–Kier alpha value is 0.150. The van der Waals surface area contributed by atoms with Crippen molar-refractivity contribution in [2.24, 2.45) is 5.41 Å². The minimum Gasteiger partial charge on any atom is -0.205 e. The fourth-order valence-electron chi connectivity index (χ4n) is 0.200. The normalized spacial score (nSPS) is 14.0. The summed E-state index contributed by atoms with van der Waals surface area (Å²) in [7, 11) is 0. The molecule has 0 aliphatic carbocycles.